The molecule has 0 unspecified atom stereocenters. The summed E-state index contributed by atoms with van der Waals surface area (Å²) < 4.78 is 0. The van der Waals surface area contributed by atoms with Crippen LogP contribution in [-0.2, 0) is 10.8 Å². The lowest BCUT2D eigenvalue weighted by atomic mass is 9.82. The Kier molecular flexibility index (Phi) is 6.34. The van der Waals surface area contributed by atoms with Gasteiger partial charge in [0.2, 0.25) is 0 Å². The molecular weight excluding hydrogens is 615 g/mol. The third-order valence-corrected chi connectivity index (χ3v) is 11.8. The van der Waals surface area contributed by atoms with Crippen molar-refractivity contribution in [1.82, 2.24) is 0 Å². The fourth-order valence-corrected chi connectivity index (χ4v) is 9.01. The first-order valence-electron chi connectivity index (χ1n) is 18.1. The second-order valence-electron chi connectivity index (χ2n) is 15.4. The molecule has 1 nitrogen and oxygen atoms in total. The molecular formula is C50H39N. The van der Waals surface area contributed by atoms with Gasteiger partial charge in [0.05, 0.1) is 0 Å². The zero-order valence-corrected chi connectivity index (χ0v) is 29.5. The number of hydrogen-bond donors (Lipinski definition) is 0. The fraction of sp³-hybridized carbons (Fsp3) is 0.120. The molecule has 0 atom stereocenters. The number of hydrogen-bond acceptors (Lipinski definition) is 1. The Morgan fingerprint density at radius 1 is 0.314 bits per heavy atom. The highest BCUT2D eigenvalue weighted by Crippen LogP contribution is 2.54. The molecule has 8 aromatic rings. The lowest BCUT2D eigenvalue weighted by molar-refractivity contribution is 0.661. The van der Waals surface area contributed by atoms with Gasteiger partial charge in [-0.05, 0) is 138 Å². The second kappa shape index (κ2) is 10.8. The van der Waals surface area contributed by atoms with Crippen LogP contribution in [0.3, 0.4) is 0 Å². The van der Waals surface area contributed by atoms with E-state index in [-0.39, 0.29) is 10.8 Å². The molecule has 0 heterocycles. The van der Waals surface area contributed by atoms with Gasteiger partial charge in [-0.25, -0.2) is 0 Å². The Bertz CT molecular complexity index is 2530. The van der Waals surface area contributed by atoms with Gasteiger partial charge in [0.25, 0.3) is 0 Å². The quantitative estimate of drug-likeness (QED) is 0.183. The molecule has 2 aliphatic carbocycles. The van der Waals surface area contributed by atoms with Gasteiger partial charge < -0.3 is 4.90 Å². The topological polar surface area (TPSA) is 3.24 Å². The number of anilines is 3. The van der Waals surface area contributed by atoms with Crippen LogP contribution in [0.25, 0.3) is 54.9 Å². The second-order valence-corrected chi connectivity index (χ2v) is 15.4. The minimum atomic E-state index is -0.0823. The SMILES string of the molecule is CC1(C)c2ccc(N(c3ccc(-c4ccccc4)cc3)c3ccc4c(c3)-c3cc5ccccc5cc3C4(C)C)cc2-c2cc3ccccc3cc21. The number of rotatable bonds is 4. The summed E-state index contributed by atoms with van der Waals surface area (Å²) in [7, 11) is 0. The van der Waals surface area contributed by atoms with E-state index in [0.717, 1.165) is 17.1 Å². The van der Waals surface area contributed by atoms with Crippen molar-refractivity contribution >= 4 is 38.6 Å². The van der Waals surface area contributed by atoms with E-state index >= 15 is 0 Å². The summed E-state index contributed by atoms with van der Waals surface area (Å²) in [6, 6.07) is 61.1. The summed E-state index contributed by atoms with van der Waals surface area (Å²) in [5.41, 5.74) is 16.6. The van der Waals surface area contributed by atoms with E-state index in [2.05, 4.69) is 196 Å². The Balaban J connectivity index is 1.17. The normalized spacial score (nSPS) is 14.6. The monoisotopic (exact) mass is 653 g/mol. The largest absolute Gasteiger partial charge is 0.310 e. The Morgan fingerprint density at radius 2 is 0.686 bits per heavy atom. The zero-order chi connectivity index (χ0) is 34.5. The number of benzene rings is 8. The summed E-state index contributed by atoms with van der Waals surface area (Å²) in [5, 5.41) is 5.16. The van der Waals surface area contributed by atoms with Gasteiger partial charge in [0.1, 0.15) is 0 Å². The van der Waals surface area contributed by atoms with Gasteiger partial charge in [0.15, 0.2) is 0 Å². The molecule has 244 valence electrons. The smallest absolute Gasteiger partial charge is 0.0468 e. The number of fused-ring (bicyclic) bond motifs is 8. The third kappa shape index (κ3) is 4.47. The van der Waals surface area contributed by atoms with Crippen LogP contribution in [0.15, 0.2) is 164 Å². The van der Waals surface area contributed by atoms with Crippen LogP contribution in [-0.4, -0.2) is 0 Å². The van der Waals surface area contributed by atoms with Gasteiger partial charge in [-0.2, -0.15) is 0 Å². The highest BCUT2D eigenvalue weighted by Gasteiger charge is 2.38. The van der Waals surface area contributed by atoms with Gasteiger partial charge in [0, 0.05) is 27.9 Å². The molecule has 0 radical (unpaired) electrons. The Labute approximate surface area is 300 Å². The molecule has 51 heavy (non-hydrogen) atoms. The van der Waals surface area contributed by atoms with Gasteiger partial charge in [-0.15, -0.1) is 0 Å². The van der Waals surface area contributed by atoms with Crippen LogP contribution in [0.2, 0.25) is 0 Å². The lowest BCUT2D eigenvalue weighted by Gasteiger charge is -2.28. The lowest BCUT2D eigenvalue weighted by Crippen LogP contribution is -2.16. The van der Waals surface area contributed by atoms with Gasteiger partial charge in [-0.3, -0.25) is 0 Å². The van der Waals surface area contributed by atoms with Gasteiger partial charge in [-0.1, -0.05) is 131 Å². The van der Waals surface area contributed by atoms with E-state index < -0.39 is 0 Å². The van der Waals surface area contributed by atoms with Crippen molar-refractivity contribution in [2.75, 3.05) is 4.90 Å². The Hall–Kier alpha value is -5.92. The minimum absolute atomic E-state index is 0.0823. The van der Waals surface area contributed by atoms with Crippen LogP contribution in [0.5, 0.6) is 0 Å². The van der Waals surface area contributed by atoms with Crippen molar-refractivity contribution in [1.29, 1.82) is 0 Å². The maximum absolute atomic E-state index is 2.45. The first-order valence-corrected chi connectivity index (χ1v) is 18.1. The van der Waals surface area contributed by atoms with E-state index in [1.807, 2.05) is 0 Å². The van der Waals surface area contributed by atoms with Crippen LogP contribution in [0.1, 0.15) is 49.9 Å². The molecule has 0 bridgehead atoms. The molecule has 0 spiro atoms. The molecule has 0 aromatic heterocycles. The van der Waals surface area contributed by atoms with E-state index in [4.69, 9.17) is 0 Å². The first-order chi connectivity index (χ1) is 24.8. The average Bonchev–Trinajstić information content (AvgIpc) is 3.51. The van der Waals surface area contributed by atoms with Gasteiger partial charge >= 0.3 is 0 Å². The summed E-state index contributed by atoms with van der Waals surface area (Å²) in [5.74, 6) is 0. The standard InChI is InChI=1S/C50H39N/c1-49(2)45-24-22-39(30-43(45)41-26-34-14-8-10-16-36(34)28-47(41)49)51(38-20-18-33(19-21-38)32-12-6-5-7-13-32)40-23-25-46-44(31-40)42-27-35-15-9-11-17-37(35)29-48(42)50(46,3)4/h5-31H,1-4H3. The van der Waals surface area contributed by atoms with Crippen molar-refractivity contribution < 1.29 is 0 Å². The molecule has 0 N–H and O–H groups in total. The maximum atomic E-state index is 2.45. The molecule has 10 rings (SSSR count). The van der Waals surface area contributed by atoms with Crippen LogP contribution in [0.4, 0.5) is 17.1 Å². The third-order valence-electron chi connectivity index (χ3n) is 11.8. The van der Waals surface area contributed by atoms with Crippen molar-refractivity contribution in [2.24, 2.45) is 0 Å². The van der Waals surface area contributed by atoms with E-state index in [1.54, 1.807) is 0 Å². The number of nitrogens with zero attached hydrogens (tertiary/aromatic N) is 1. The summed E-state index contributed by atoms with van der Waals surface area (Å²) >= 11 is 0. The van der Waals surface area contributed by atoms with Crippen LogP contribution in [0, 0.1) is 0 Å². The van der Waals surface area contributed by atoms with Crippen LogP contribution < -0.4 is 4.90 Å². The predicted octanol–water partition coefficient (Wildman–Crippen LogP) is 13.7. The molecule has 0 saturated carbocycles. The molecule has 2 aliphatic rings. The molecule has 0 fully saturated rings. The van der Waals surface area contributed by atoms with Crippen molar-refractivity contribution in [2.45, 2.75) is 38.5 Å². The van der Waals surface area contributed by atoms with Crippen molar-refractivity contribution in [3.05, 3.63) is 186 Å². The molecule has 1 heteroatoms. The van der Waals surface area contributed by atoms with Crippen molar-refractivity contribution in [3.63, 3.8) is 0 Å². The van der Waals surface area contributed by atoms with Crippen molar-refractivity contribution in [3.8, 4) is 33.4 Å². The average molecular weight is 654 g/mol. The molecule has 8 aromatic carbocycles. The highest BCUT2D eigenvalue weighted by atomic mass is 15.1. The maximum Gasteiger partial charge on any atom is 0.0468 e. The Morgan fingerprint density at radius 3 is 1.16 bits per heavy atom. The van der Waals surface area contributed by atoms with E-state index in [0.29, 0.717) is 0 Å². The zero-order valence-electron chi connectivity index (χ0n) is 29.5. The summed E-state index contributed by atoms with van der Waals surface area (Å²) in [4.78, 5) is 2.45. The molecule has 0 saturated heterocycles. The van der Waals surface area contributed by atoms with Crippen LogP contribution >= 0.6 is 0 Å². The first kappa shape index (κ1) is 29.9. The molecule has 0 amide bonds. The minimum Gasteiger partial charge on any atom is -0.310 e. The predicted molar refractivity (Wildman–Crippen MR) is 217 cm³/mol. The highest BCUT2D eigenvalue weighted by molar-refractivity contribution is 5.97. The fourth-order valence-electron chi connectivity index (χ4n) is 9.01. The summed E-state index contributed by atoms with van der Waals surface area (Å²) in [6.45, 7) is 9.48. The summed E-state index contributed by atoms with van der Waals surface area (Å²) in [6.07, 6.45) is 0. The van der Waals surface area contributed by atoms with E-state index in [1.165, 1.54) is 77.2 Å². The van der Waals surface area contributed by atoms with E-state index in [9.17, 15) is 0 Å². The molecule has 0 aliphatic heterocycles.